The number of carbonyl (C=O) groups is 2. The van der Waals surface area contributed by atoms with Crippen LogP contribution in [0.1, 0.15) is 66.7 Å². The Morgan fingerprint density at radius 1 is 1.16 bits per heavy atom. The second kappa shape index (κ2) is 9.44. The van der Waals surface area contributed by atoms with Crippen LogP contribution in [0.25, 0.3) is 11.0 Å². The van der Waals surface area contributed by atoms with Gasteiger partial charge in [0.2, 0.25) is 5.76 Å². The molecule has 0 fully saturated rings. The Balaban J connectivity index is 1.72. The fourth-order valence-corrected chi connectivity index (χ4v) is 5.54. The van der Waals surface area contributed by atoms with Crippen molar-refractivity contribution >= 4 is 39.3 Å². The zero-order valence-electron chi connectivity index (χ0n) is 21.1. The lowest BCUT2D eigenvalue weighted by Gasteiger charge is -2.22. The van der Waals surface area contributed by atoms with Crippen LogP contribution in [0.4, 0.5) is 5.13 Å². The molecule has 7 nitrogen and oxygen atoms in total. The maximum atomic E-state index is 13.9. The number of benzene rings is 2. The lowest BCUT2D eigenvalue weighted by atomic mass is 9.96. The number of amides is 1. The highest BCUT2D eigenvalue weighted by atomic mass is 32.1. The molecule has 1 atom stereocenters. The quantitative estimate of drug-likeness (QED) is 0.238. The third-order valence-electron chi connectivity index (χ3n) is 6.70. The van der Waals surface area contributed by atoms with E-state index in [-0.39, 0.29) is 28.2 Å². The Bertz CT molecular complexity index is 1630. The van der Waals surface area contributed by atoms with Crippen molar-refractivity contribution in [1.82, 2.24) is 4.98 Å². The number of rotatable bonds is 6. The van der Waals surface area contributed by atoms with E-state index in [1.165, 1.54) is 11.0 Å². The zero-order chi connectivity index (χ0) is 26.4. The van der Waals surface area contributed by atoms with Crippen LogP contribution < -0.4 is 10.3 Å². The molecule has 1 aliphatic rings. The number of carbonyl (C=O) groups excluding carboxylic acids is 2. The summed E-state index contributed by atoms with van der Waals surface area (Å²) < 4.78 is 11.3. The summed E-state index contributed by atoms with van der Waals surface area (Å²) in [5.41, 5.74) is 4.63. The van der Waals surface area contributed by atoms with E-state index < -0.39 is 17.9 Å². The minimum absolute atomic E-state index is 0.00559. The fraction of sp³-hybridized carbons (Fsp3) is 0.241. The molecule has 0 radical (unpaired) electrons. The molecule has 1 aliphatic heterocycles. The van der Waals surface area contributed by atoms with Crippen LogP contribution >= 0.6 is 11.3 Å². The third-order valence-corrected chi connectivity index (χ3v) is 7.84. The summed E-state index contributed by atoms with van der Waals surface area (Å²) in [5.74, 6) is -1.02. The van der Waals surface area contributed by atoms with Crippen molar-refractivity contribution in [3.63, 3.8) is 0 Å². The summed E-state index contributed by atoms with van der Waals surface area (Å²) in [5, 5.41) is 0.718. The molecular formula is C29H26N2O5S. The van der Waals surface area contributed by atoms with Crippen LogP contribution in [-0.4, -0.2) is 23.5 Å². The van der Waals surface area contributed by atoms with Crippen molar-refractivity contribution in [1.29, 1.82) is 0 Å². The van der Waals surface area contributed by atoms with E-state index in [9.17, 15) is 14.4 Å². The van der Waals surface area contributed by atoms with Crippen molar-refractivity contribution in [2.45, 2.75) is 40.2 Å². The van der Waals surface area contributed by atoms with Crippen molar-refractivity contribution < 1.29 is 18.7 Å². The summed E-state index contributed by atoms with van der Waals surface area (Å²) in [6.45, 7) is 11.2. The van der Waals surface area contributed by atoms with Gasteiger partial charge in [0.25, 0.3) is 5.91 Å². The molecule has 0 spiro atoms. The van der Waals surface area contributed by atoms with Crippen molar-refractivity contribution in [3.05, 3.63) is 103 Å². The minimum Gasteiger partial charge on any atom is -0.457 e. The number of hydrogen-bond acceptors (Lipinski definition) is 7. The topological polar surface area (TPSA) is 89.7 Å². The standard InChI is InChI=1S/C29H26N2O5S/c1-6-12-35-28(34)26-17(5)30-29(37-26)31-23(19-10-8-18(7-2)9-11-19)22-24(32)20-13-15(3)16(4)14-21(20)36-25(22)27(31)33/h6,8-11,13-14,23H,1,7,12H2,2-5H3. The van der Waals surface area contributed by atoms with Gasteiger partial charge in [0, 0.05) is 0 Å². The highest BCUT2D eigenvalue weighted by Crippen LogP contribution is 2.43. The Hall–Kier alpha value is -4.04. The SMILES string of the molecule is C=CCOC(=O)c1sc(N2C(=O)c3oc4cc(C)c(C)cc4c(=O)c3C2c2ccc(CC)cc2)nc1C. The zero-order valence-corrected chi connectivity index (χ0v) is 21.9. The summed E-state index contributed by atoms with van der Waals surface area (Å²) >= 11 is 1.05. The van der Waals surface area contributed by atoms with E-state index in [0.717, 1.165) is 40.0 Å². The molecule has 0 bridgehead atoms. The average Bonchev–Trinajstić information content (AvgIpc) is 3.41. The third kappa shape index (κ3) is 4.07. The summed E-state index contributed by atoms with van der Waals surface area (Å²) in [6.07, 6.45) is 2.34. The first kappa shape index (κ1) is 24.6. The highest BCUT2D eigenvalue weighted by Gasteiger charge is 2.45. The number of esters is 1. The number of ether oxygens (including phenoxy) is 1. The molecule has 2 aromatic carbocycles. The molecular weight excluding hydrogens is 488 g/mol. The van der Waals surface area contributed by atoms with Gasteiger partial charge in [0.05, 0.1) is 22.7 Å². The van der Waals surface area contributed by atoms with Crippen molar-refractivity contribution in [2.24, 2.45) is 0 Å². The molecule has 0 aliphatic carbocycles. The normalized spacial score (nSPS) is 14.8. The largest absolute Gasteiger partial charge is 0.457 e. The first-order valence-corrected chi connectivity index (χ1v) is 12.8. The molecule has 1 unspecified atom stereocenters. The highest BCUT2D eigenvalue weighted by molar-refractivity contribution is 7.17. The maximum absolute atomic E-state index is 13.9. The van der Waals surface area contributed by atoms with E-state index in [0.29, 0.717) is 21.8 Å². The van der Waals surface area contributed by atoms with Gasteiger partial charge in [-0.15, -0.1) is 0 Å². The molecule has 8 heteroatoms. The van der Waals surface area contributed by atoms with Gasteiger partial charge in [0.15, 0.2) is 10.6 Å². The molecule has 5 rings (SSSR count). The van der Waals surface area contributed by atoms with E-state index >= 15 is 0 Å². The Morgan fingerprint density at radius 3 is 2.54 bits per heavy atom. The van der Waals surface area contributed by atoms with Crippen LogP contribution in [0.5, 0.6) is 0 Å². The van der Waals surface area contributed by atoms with E-state index in [2.05, 4.69) is 18.5 Å². The number of thiazole rings is 1. The van der Waals surface area contributed by atoms with Gasteiger partial charge in [-0.3, -0.25) is 14.5 Å². The Kier molecular flexibility index (Phi) is 6.29. The molecule has 2 aromatic heterocycles. The van der Waals surface area contributed by atoms with Gasteiger partial charge in [0.1, 0.15) is 17.1 Å². The van der Waals surface area contributed by atoms with Crippen LogP contribution in [0.15, 0.2) is 58.3 Å². The monoisotopic (exact) mass is 514 g/mol. The fourth-order valence-electron chi connectivity index (χ4n) is 4.55. The maximum Gasteiger partial charge on any atom is 0.350 e. The number of anilines is 1. The van der Waals surface area contributed by atoms with Gasteiger partial charge < -0.3 is 9.15 Å². The smallest absolute Gasteiger partial charge is 0.350 e. The molecule has 3 heterocycles. The minimum atomic E-state index is -0.752. The van der Waals surface area contributed by atoms with Gasteiger partial charge >= 0.3 is 5.97 Å². The van der Waals surface area contributed by atoms with Gasteiger partial charge in [-0.25, -0.2) is 9.78 Å². The van der Waals surface area contributed by atoms with Crippen molar-refractivity contribution in [2.75, 3.05) is 11.5 Å². The second-order valence-electron chi connectivity index (χ2n) is 9.08. The van der Waals surface area contributed by atoms with Crippen LogP contribution in [0.3, 0.4) is 0 Å². The molecule has 4 aromatic rings. The first-order chi connectivity index (χ1) is 17.7. The molecule has 0 saturated heterocycles. The molecule has 0 N–H and O–H groups in total. The van der Waals surface area contributed by atoms with E-state index in [1.807, 2.05) is 44.2 Å². The second-order valence-corrected chi connectivity index (χ2v) is 10.1. The predicted molar refractivity (Wildman–Crippen MR) is 144 cm³/mol. The number of nitrogens with zero attached hydrogens (tertiary/aromatic N) is 2. The Morgan fingerprint density at radius 2 is 1.86 bits per heavy atom. The van der Waals surface area contributed by atoms with Gasteiger partial charge in [-0.2, -0.15) is 0 Å². The molecule has 1 amide bonds. The first-order valence-electron chi connectivity index (χ1n) is 12.0. The lowest BCUT2D eigenvalue weighted by Crippen LogP contribution is -2.29. The summed E-state index contributed by atoms with van der Waals surface area (Å²) in [4.78, 5) is 46.6. The summed E-state index contributed by atoms with van der Waals surface area (Å²) in [6, 6.07) is 10.6. The van der Waals surface area contributed by atoms with E-state index in [4.69, 9.17) is 9.15 Å². The van der Waals surface area contributed by atoms with E-state index in [1.54, 1.807) is 13.0 Å². The van der Waals surface area contributed by atoms with Gasteiger partial charge in [-0.1, -0.05) is 55.2 Å². The van der Waals surface area contributed by atoms with Crippen molar-refractivity contribution in [3.8, 4) is 0 Å². The van der Waals surface area contributed by atoms with Crippen LogP contribution in [0, 0.1) is 20.8 Å². The number of aryl methyl sites for hydroxylation is 4. The number of aromatic nitrogens is 1. The predicted octanol–water partition coefficient (Wildman–Crippen LogP) is 5.83. The van der Waals surface area contributed by atoms with Crippen LogP contribution in [-0.2, 0) is 11.2 Å². The molecule has 0 saturated carbocycles. The Labute approximate surface area is 218 Å². The van der Waals surface area contributed by atoms with Crippen LogP contribution in [0.2, 0.25) is 0 Å². The molecule has 37 heavy (non-hydrogen) atoms. The number of fused-ring (bicyclic) bond motifs is 2. The number of hydrogen-bond donors (Lipinski definition) is 0. The average molecular weight is 515 g/mol. The summed E-state index contributed by atoms with van der Waals surface area (Å²) in [7, 11) is 0. The van der Waals surface area contributed by atoms with Gasteiger partial charge in [-0.05, 0) is 61.6 Å². The molecule has 188 valence electrons. The lowest BCUT2D eigenvalue weighted by molar-refractivity contribution is 0.0554.